The quantitative estimate of drug-likeness (QED) is 0.644. The molecule has 0 radical (unpaired) electrons. The molecule has 0 bridgehead atoms. The summed E-state index contributed by atoms with van der Waals surface area (Å²) in [6.45, 7) is 2.35. The highest BCUT2D eigenvalue weighted by atomic mass is 16.5. The van der Waals surface area contributed by atoms with Crippen LogP contribution in [-0.2, 0) is 11.2 Å². The Morgan fingerprint density at radius 2 is 2.17 bits per heavy atom. The number of ether oxygens (including phenoxy) is 1. The van der Waals surface area contributed by atoms with Gasteiger partial charge in [0.05, 0.1) is 12.3 Å². The number of hydrogen-bond donors (Lipinski definition) is 3. The Kier molecular flexibility index (Phi) is 4.86. The normalized spacial score (nSPS) is 12.2. The van der Waals surface area contributed by atoms with Crippen LogP contribution in [0.4, 0.5) is 10.5 Å². The van der Waals surface area contributed by atoms with Crippen molar-refractivity contribution in [3.05, 3.63) is 54.1 Å². The van der Waals surface area contributed by atoms with Gasteiger partial charge in [-0.1, -0.05) is 13.0 Å². The van der Waals surface area contributed by atoms with Crippen molar-refractivity contribution < 1.29 is 13.9 Å². The van der Waals surface area contributed by atoms with Gasteiger partial charge in [0.25, 0.3) is 0 Å². The molecule has 24 heavy (non-hydrogen) atoms. The summed E-state index contributed by atoms with van der Waals surface area (Å²) >= 11 is 0. The number of carbonyl (C=O) groups excluding carboxylic acids is 1. The molecule has 2 heterocycles. The van der Waals surface area contributed by atoms with Crippen LogP contribution in [0.25, 0.3) is 10.9 Å². The fourth-order valence-corrected chi connectivity index (χ4v) is 2.64. The minimum absolute atomic E-state index is 0.305. The van der Waals surface area contributed by atoms with Crippen LogP contribution < -0.4 is 10.6 Å². The van der Waals surface area contributed by atoms with E-state index >= 15 is 0 Å². The zero-order valence-electron chi connectivity index (χ0n) is 13.8. The number of hydrogen-bond acceptors (Lipinski definition) is 3. The lowest BCUT2D eigenvalue weighted by atomic mass is 10.2. The highest BCUT2D eigenvalue weighted by molar-refractivity contribution is 6.00. The number of rotatable bonds is 6. The van der Waals surface area contributed by atoms with E-state index in [1.807, 2.05) is 49.5 Å². The fourth-order valence-electron chi connectivity index (χ4n) is 2.64. The summed E-state index contributed by atoms with van der Waals surface area (Å²) in [5, 5.41) is 6.74. The maximum absolute atomic E-state index is 12.4. The van der Waals surface area contributed by atoms with Gasteiger partial charge in [-0.15, -0.1) is 0 Å². The lowest BCUT2D eigenvalue weighted by molar-refractivity contribution is 0.158. The van der Waals surface area contributed by atoms with E-state index in [1.54, 1.807) is 7.11 Å². The van der Waals surface area contributed by atoms with Crippen LogP contribution in [0, 0.1) is 0 Å². The number of benzene rings is 1. The average Bonchev–Trinajstić information content (AvgIpc) is 3.24. The standard InChI is InChI=1S/C18H21N3O3/c1-3-12-7-8-17(24-12)16(11-23-2)21-18(22)20-15-6-4-5-14-13(15)9-10-19-14/h4-10,16,19H,3,11H2,1-2H3,(H2,20,21,22). The Morgan fingerprint density at radius 3 is 2.92 bits per heavy atom. The molecule has 0 saturated carbocycles. The van der Waals surface area contributed by atoms with Gasteiger partial charge in [0.2, 0.25) is 0 Å². The molecular formula is C18H21N3O3. The molecule has 3 N–H and O–H groups in total. The van der Waals surface area contributed by atoms with Crippen molar-refractivity contribution in [1.82, 2.24) is 10.3 Å². The van der Waals surface area contributed by atoms with E-state index in [1.165, 1.54) is 0 Å². The first-order valence-electron chi connectivity index (χ1n) is 7.92. The number of H-pyrrole nitrogens is 1. The van der Waals surface area contributed by atoms with Crippen LogP contribution in [0.1, 0.15) is 24.5 Å². The molecule has 0 aliphatic heterocycles. The Bertz CT molecular complexity index is 822. The van der Waals surface area contributed by atoms with Crippen molar-refractivity contribution in [1.29, 1.82) is 0 Å². The third kappa shape index (κ3) is 3.44. The number of carbonyl (C=O) groups is 1. The smallest absolute Gasteiger partial charge is 0.319 e. The summed E-state index contributed by atoms with van der Waals surface area (Å²) in [4.78, 5) is 15.5. The number of fused-ring (bicyclic) bond motifs is 1. The highest BCUT2D eigenvalue weighted by Crippen LogP contribution is 2.23. The number of aromatic nitrogens is 1. The Balaban J connectivity index is 1.72. The van der Waals surface area contributed by atoms with Crippen LogP contribution in [0.15, 0.2) is 47.0 Å². The van der Waals surface area contributed by atoms with Crippen LogP contribution in [0.3, 0.4) is 0 Å². The van der Waals surface area contributed by atoms with E-state index in [-0.39, 0.29) is 12.1 Å². The maximum atomic E-state index is 12.4. The van der Waals surface area contributed by atoms with E-state index in [2.05, 4.69) is 15.6 Å². The Morgan fingerprint density at radius 1 is 1.29 bits per heavy atom. The molecule has 6 nitrogen and oxygen atoms in total. The van der Waals surface area contributed by atoms with Crippen LogP contribution in [-0.4, -0.2) is 24.7 Å². The minimum atomic E-state index is -0.347. The van der Waals surface area contributed by atoms with Gasteiger partial charge in [0.15, 0.2) is 0 Å². The van der Waals surface area contributed by atoms with Crippen molar-refractivity contribution in [2.75, 3.05) is 19.0 Å². The fraction of sp³-hybridized carbons (Fsp3) is 0.278. The molecule has 2 aromatic heterocycles. The molecule has 126 valence electrons. The first-order chi connectivity index (χ1) is 11.7. The molecule has 6 heteroatoms. The van der Waals surface area contributed by atoms with E-state index < -0.39 is 0 Å². The zero-order chi connectivity index (χ0) is 16.9. The summed E-state index contributed by atoms with van der Waals surface area (Å²) in [5.41, 5.74) is 1.72. The summed E-state index contributed by atoms with van der Waals surface area (Å²) in [5.74, 6) is 1.56. The molecule has 3 rings (SSSR count). The van der Waals surface area contributed by atoms with E-state index in [0.29, 0.717) is 12.4 Å². The largest absolute Gasteiger partial charge is 0.464 e. The number of anilines is 1. The second kappa shape index (κ2) is 7.23. The lowest BCUT2D eigenvalue weighted by Crippen LogP contribution is -2.34. The van der Waals surface area contributed by atoms with Crippen LogP contribution in [0.2, 0.25) is 0 Å². The molecule has 0 saturated heterocycles. The number of furan rings is 1. The lowest BCUT2D eigenvalue weighted by Gasteiger charge is -2.16. The number of nitrogens with one attached hydrogen (secondary N) is 3. The van der Waals surface area contributed by atoms with Crippen molar-refractivity contribution in [3.8, 4) is 0 Å². The molecule has 0 aliphatic rings. The first kappa shape index (κ1) is 16.1. The topological polar surface area (TPSA) is 79.3 Å². The number of aryl methyl sites for hydroxylation is 1. The summed E-state index contributed by atoms with van der Waals surface area (Å²) < 4.78 is 10.9. The third-order valence-corrected chi connectivity index (χ3v) is 3.86. The van der Waals surface area contributed by atoms with Crippen LogP contribution >= 0.6 is 0 Å². The molecular weight excluding hydrogens is 306 g/mol. The van der Waals surface area contributed by atoms with Crippen molar-refractivity contribution in [3.63, 3.8) is 0 Å². The SMILES string of the molecule is CCc1ccc(C(COC)NC(=O)Nc2cccc3[nH]ccc23)o1. The predicted molar refractivity (Wildman–Crippen MR) is 93.2 cm³/mol. The number of urea groups is 1. The van der Waals surface area contributed by atoms with Gasteiger partial charge in [-0.2, -0.15) is 0 Å². The molecule has 2 amide bonds. The molecule has 0 fully saturated rings. The van der Waals surface area contributed by atoms with Gasteiger partial charge in [0, 0.05) is 30.6 Å². The molecule has 1 unspecified atom stereocenters. The summed E-state index contributed by atoms with van der Waals surface area (Å²) in [7, 11) is 1.59. The Labute approximate surface area is 140 Å². The number of amides is 2. The summed E-state index contributed by atoms with van der Waals surface area (Å²) in [6, 6.07) is 10.8. The molecule has 3 aromatic rings. The van der Waals surface area contributed by atoms with E-state index in [0.717, 1.165) is 28.8 Å². The average molecular weight is 327 g/mol. The predicted octanol–water partition coefficient (Wildman–Crippen LogP) is 3.83. The van der Waals surface area contributed by atoms with Gasteiger partial charge in [-0.05, 0) is 30.3 Å². The maximum Gasteiger partial charge on any atom is 0.319 e. The first-order valence-corrected chi connectivity index (χ1v) is 7.92. The number of aromatic amines is 1. The summed E-state index contributed by atoms with van der Waals surface area (Å²) in [6.07, 6.45) is 2.65. The number of methoxy groups -OCH3 is 1. The van der Waals surface area contributed by atoms with Gasteiger partial charge in [0.1, 0.15) is 17.6 Å². The molecule has 0 spiro atoms. The van der Waals surface area contributed by atoms with Gasteiger partial charge >= 0.3 is 6.03 Å². The second-order valence-corrected chi connectivity index (χ2v) is 5.51. The zero-order valence-corrected chi connectivity index (χ0v) is 13.8. The van der Waals surface area contributed by atoms with Crippen molar-refractivity contribution in [2.45, 2.75) is 19.4 Å². The molecule has 1 atom stereocenters. The minimum Gasteiger partial charge on any atom is -0.464 e. The third-order valence-electron chi connectivity index (χ3n) is 3.86. The van der Waals surface area contributed by atoms with Gasteiger partial charge in [-0.25, -0.2) is 4.79 Å². The Hall–Kier alpha value is -2.73. The molecule has 0 aliphatic carbocycles. The van der Waals surface area contributed by atoms with Gasteiger partial charge in [-0.3, -0.25) is 0 Å². The van der Waals surface area contributed by atoms with E-state index in [9.17, 15) is 4.79 Å². The monoisotopic (exact) mass is 327 g/mol. The second-order valence-electron chi connectivity index (χ2n) is 5.51. The van der Waals surface area contributed by atoms with Crippen molar-refractivity contribution >= 4 is 22.6 Å². The highest BCUT2D eigenvalue weighted by Gasteiger charge is 2.18. The van der Waals surface area contributed by atoms with Gasteiger partial charge < -0.3 is 24.8 Å². The van der Waals surface area contributed by atoms with Crippen LogP contribution in [0.5, 0.6) is 0 Å². The van der Waals surface area contributed by atoms with E-state index in [4.69, 9.17) is 9.15 Å². The molecule has 1 aromatic carbocycles. The van der Waals surface area contributed by atoms with Crippen molar-refractivity contribution in [2.24, 2.45) is 0 Å².